The van der Waals surface area contributed by atoms with Gasteiger partial charge in [0.05, 0.1) is 24.2 Å². The molecule has 1 rings (SSSR count). The fourth-order valence-corrected chi connectivity index (χ4v) is 1.33. The zero-order valence-corrected chi connectivity index (χ0v) is 9.67. The Hall–Kier alpha value is -2.69. The zero-order chi connectivity index (χ0) is 14.4. The Labute approximate surface area is 106 Å². The van der Waals surface area contributed by atoms with Crippen LogP contribution in [0.25, 0.3) is 6.08 Å². The molecule has 0 atom stereocenters. The Morgan fingerprint density at radius 3 is 2.68 bits per heavy atom. The van der Waals surface area contributed by atoms with E-state index in [0.29, 0.717) is 0 Å². The van der Waals surface area contributed by atoms with Crippen molar-refractivity contribution in [3.8, 4) is 17.6 Å². The standard InChI is InChI=1S/C11H8F2N2O4/c1-18-9-6-8(15(16)17)5-7(3-2-4-14)10(9)19-11(12)13/h2-3,5-6,11H,1H3/b3-2+. The lowest BCUT2D eigenvalue weighted by molar-refractivity contribution is -0.385. The SMILES string of the molecule is COc1cc([N+](=O)[O-])cc(/C=C/C#N)c1OC(F)F. The fraction of sp³-hybridized carbons (Fsp3) is 0.182. The number of nitrogens with zero attached hydrogens (tertiary/aromatic N) is 2. The van der Waals surface area contributed by atoms with Crippen molar-refractivity contribution in [2.75, 3.05) is 7.11 Å². The summed E-state index contributed by atoms with van der Waals surface area (Å²) in [5.41, 5.74) is -0.413. The van der Waals surface area contributed by atoms with Gasteiger partial charge in [0, 0.05) is 17.7 Å². The molecule has 1 aromatic rings. The van der Waals surface area contributed by atoms with Gasteiger partial charge in [-0.2, -0.15) is 14.0 Å². The maximum absolute atomic E-state index is 12.3. The highest BCUT2D eigenvalue weighted by molar-refractivity contribution is 5.67. The van der Waals surface area contributed by atoms with E-state index in [1.807, 2.05) is 0 Å². The highest BCUT2D eigenvalue weighted by Crippen LogP contribution is 2.37. The van der Waals surface area contributed by atoms with E-state index in [-0.39, 0.29) is 22.7 Å². The summed E-state index contributed by atoms with van der Waals surface area (Å²) in [6.45, 7) is -3.12. The van der Waals surface area contributed by atoms with Crippen molar-refractivity contribution < 1.29 is 23.2 Å². The average molecular weight is 270 g/mol. The fourth-order valence-electron chi connectivity index (χ4n) is 1.33. The van der Waals surface area contributed by atoms with Crippen molar-refractivity contribution in [1.82, 2.24) is 0 Å². The number of halogens is 2. The number of ether oxygens (including phenoxy) is 2. The first-order valence-electron chi connectivity index (χ1n) is 4.87. The Morgan fingerprint density at radius 1 is 1.53 bits per heavy atom. The average Bonchev–Trinajstić information content (AvgIpc) is 2.36. The Bertz CT molecular complexity index is 552. The van der Waals surface area contributed by atoms with Crippen molar-refractivity contribution in [3.63, 3.8) is 0 Å². The third-order valence-corrected chi connectivity index (χ3v) is 2.04. The van der Waals surface area contributed by atoms with Crippen LogP contribution in [0.2, 0.25) is 0 Å². The van der Waals surface area contributed by atoms with Crippen molar-refractivity contribution in [2.24, 2.45) is 0 Å². The Morgan fingerprint density at radius 2 is 2.21 bits per heavy atom. The monoisotopic (exact) mass is 270 g/mol. The molecule has 0 fully saturated rings. The minimum Gasteiger partial charge on any atom is -0.493 e. The second-order valence-electron chi connectivity index (χ2n) is 3.16. The van der Waals surface area contributed by atoms with Gasteiger partial charge in [0.2, 0.25) is 0 Å². The molecule has 0 amide bonds. The molecule has 8 heteroatoms. The maximum atomic E-state index is 12.3. The molecule has 0 bridgehead atoms. The van der Waals surface area contributed by atoms with Crippen molar-refractivity contribution >= 4 is 11.8 Å². The van der Waals surface area contributed by atoms with Crippen molar-refractivity contribution in [1.29, 1.82) is 5.26 Å². The van der Waals surface area contributed by atoms with Crippen LogP contribution in [0.5, 0.6) is 11.5 Å². The van der Waals surface area contributed by atoms with Gasteiger partial charge in [0.1, 0.15) is 0 Å². The third kappa shape index (κ3) is 3.64. The molecule has 0 aliphatic heterocycles. The molecule has 0 saturated carbocycles. The Balaban J connectivity index is 3.43. The van der Waals surface area contributed by atoms with Crippen LogP contribution in [0, 0.1) is 21.4 Å². The first-order valence-corrected chi connectivity index (χ1v) is 4.87. The van der Waals surface area contributed by atoms with Gasteiger partial charge >= 0.3 is 6.61 Å². The molecule has 0 aromatic heterocycles. The van der Waals surface area contributed by atoms with E-state index in [0.717, 1.165) is 31.4 Å². The number of allylic oxidation sites excluding steroid dienone is 1. The van der Waals surface area contributed by atoms with Gasteiger partial charge in [-0.15, -0.1) is 0 Å². The van der Waals surface area contributed by atoms with E-state index in [9.17, 15) is 18.9 Å². The number of nitro benzene ring substituents is 1. The summed E-state index contributed by atoms with van der Waals surface area (Å²) in [5.74, 6) is -0.582. The highest BCUT2D eigenvalue weighted by Gasteiger charge is 2.19. The first-order chi connectivity index (χ1) is 8.99. The molecule has 6 nitrogen and oxygen atoms in total. The number of rotatable bonds is 5. The normalized spacial score (nSPS) is 10.5. The predicted molar refractivity (Wildman–Crippen MR) is 60.9 cm³/mol. The molecular formula is C11H8F2N2O4. The molecular weight excluding hydrogens is 262 g/mol. The van der Waals surface area contributed by atoms with E-state index in [2.05, 4.69) is 4.74 Å². The molecule has 0 aliphatic rings. The first kappa shape index (κ1) is 14.4. The summed E-state index contributed by atoms with van der Waals surface area (Å²) < 4.78 is 33.6. The van der Waals surface area contributed by atoms with Gasteiger partial charge in [-0.05, 0) is 6.08 Å². The van der Waals surface area contributed by atoms with E-state index < -0.39 is 11.5 Å². The summed E-state index contributed by atoms with van der Waals surface area (Å²) in [7, 11) is 1.16. The highest BCUT2D eigenvalue weighted by atomic mass is 19.3. The minimum absolute atomic E-state index is 0.0482. The molecule has 0 aliphatic carbocycles. The summed E-state index contributed by atoms with van der Waals surface area (Å²) >= 11 is 0. The van der Waals surface area contributed by atoms with Crippen LogP contribution in [0.1, 0.15) is 5.56 Å². The third-order valence-electron chi connectivity index (χ3n) is 2.04. The number of alkyl halides is 2. The van der Waals surface area contributed by atoms with E-state index >= 15 is 0 Å². The second-order valence-corrected chi connectivity index (χ2v) is 3.16. The van der Waals surface area contributed by atoms with Gasteiger partial charge in [-0.3, -0.25) is 10.1 Å². The number of nitro groups is 1. The quantitative estimate of drug-likeness (QED) is 0.466. The lowest BCUT2D eigenvalue weighted by Gasteiger charge is -2.12. The van der Waals surface area contributed by atoms with Gasteiger partial charge in [0.25, 0.3) is 5.69 Å². The summed E-state index contributed by atoms with van der Waals surface area (Å²) in [6.07, 6.45) is 2.10. The molecule has 19 heavy (non-hydrogen) atoms. The molecule has 0 saturated heterocycles. The number of non-ortho nitro benzene ring substituents is 1. The van der Waals surface area contributed by atoms with Crippen LogP contribution in [0.4, 0.5) is 14.5 Å². The van der Waals surface area contributed by atoms with Crippen molar-refractivity contribution in [3.05, 3.63) is 33.9 Å². The number of hydrogen-bond donors (Lipinski definition) is 0. The number of benzene rings is 1. The van der Waals surface area contributed by atoms with Crippen LogP contribution < -0.4 is 9.47 Å². The molecule has 0 N–H and O–H groups in total. The minimum atomic E-state index is -3.12. The van der Waals surface area contributed by atoms with Gasteiger partial charge < -0.3 is 9.47 Å². The van der Waals surface area contributed by atoms with Crippen molar-refractivity contribution in [2.45, 2.75) is 6.61 Å². The molecule has 100 valence electrons. The summed E-state index contributed by atoms with van der Waals surface area (Å²) in [5, 5.41) is 19.1. The molecule has 1 aromatic carbocycles. The summed E-state index contributed by atoms with van der Waals surface area (Å²) in [6, 6.07) is 3.62. The zero-order valence-electron chi connectivity index (χ0n) is 9.67. The second kappa shape index (κ2) is 6.30. The predicted octanol–water partition coefficient (Wildman–Crippen LogP) is 2.74. The van der Waals surface area contributed by atoms with Crippen LogP contribution in [-0.2, 0) is 0 Å². The largest absolute Gasteiger partial charge is 0.493 e. The van der Waals surface area contributed by atoms with Crippen LogP contribution in [-0.4, -0.2) is 18.6 Å². The molecule has 0 unspecified atom stereocenters. The number of nitriles is 1. The summed E-state index contributed by atoms with van der Waals surface area (Å²) in [4.78, 5) is 9.99. The molecule has 0 spiro atoms. The van der Waals surface area contributed by atoms with Crippen LogP contribution >= 0.6 is 0 Å². The van der Waals surface area contributed by atoms with E-state index in [4.69, 9.17) is 10.00 Å². The van der Waals surface area contributed by atoms with E-state index in [1.165, 1.54) is 0 Å². The molecule has 0 heterocycles. The lowest BCUT2D eigenvalue weighted by atomic mass is 10.1. The lowest BCUT2D eigenvalue weighted by Crippen LogP contribution is -2.05. The van der Waals surface area contributed by atoms with Gasteiger partial charge in [-0.25, -0.2) is 0 Å². The Kier molecular flexibility index (Phi) is 4.76. The smallest absolute Gasteiger partial charge is 0.387 e. The number of hydrogen-bond acceptors (Lipinski definition) is 5. The topological polar surface area (TPSA) is 85.4 Å². The van der Waals surface area contributed by atoms with Crippen LogP contribution in [0.15, 0.2) is 18.2 Å². The van der Waals surface area contributed by atoms with Gasteiger partial charge in [0.15, 0.2) is 11.5 Å². The van der Waals surface area contributed by atoms with Gasteiger partial charge in [-0.1, -0.05) is 0 Å². The van der Waals surface area contributed by atoms with Crippen LogP contribution in [0.3, 0.4) is 0 Å². The maximum Gasteiger partial charge on any atom is 0.387 e. The van der Waals surface area contributed by atoms with E-state index in [1.54, 1.807) is 6.07 Å². The molecule has 0 radical (unpaired) electrons. The number of methoxy groups -OCH3 is 1.